The van der Waals surface area contributed by atoms with Crippen molar-refractivity contribution in [2.75, 3.05) is 6.61 Å². The van der Waals surface area contributed by atoms with Gasteiger partial charge >= 0.3 is 6.18 Å². The Balaban J connectivity index is 0.00000324. The summed E-state index contributed by atoms with van der Waals surface area (Å²) in [4.78, 5) is 0. The fourth-order valence-corrected chi connectivity index (χ4v) is 1.52. The van der Waals surface area contributed by atoms with Gasteiger partial charge in [-0.1, -0.05) is 11.6 Å². The van der Waals surface area contributed by atoms with Gasteiger partial charge in [-0.25, -0.2) is 8.78 Å². The number of hydrogen-bond donors (Lipinski definition) is 2. The van der Waals surface area contributed by atoms with E-state index in [1.807, 2.05) is 0 Å². The molecule has 0 radical (unpaired) electrons. The van der Waals surface area contributed by atoms with Gasteiger partial charge in [-0.05, 0) is 23.8 Å². The van der Waals surface area contributed by atoms with Gasteiger partial charge in [0.25, 0.3) is 5.92 Å². The first kappa shape index (κ1) is 18.4. The number of aliphatic hydroxyl groups excluding tert-OH is 1. The van der Waals surface area contributed by atoms with E-state index in [9.17, 15) is 22.0 Å². The van der Waals surface area contributed by atoms with Gasteiger partial charge < -0.3 is 10.8 Å². The third kappa shape index (κ3) is 4.17. The lowest BCUT2D eigenvalue weighted by atomic mass is 9.99. The Morgan fingerprint density at radius 3 is 2.16 bits per heavy atom. The summed E-state index contributed by atoms with van der Waals surface area (Å²) in [6.45, 7) is -1.58. The Morgan fingerprint density at radius 1 is 1.21 bits per heavy atom. The zero-order chi connectivity index (χ0) is 14.1. The Bertz CT molecular complexity index is 438. The van der Waals surface area contributed by atoms with Crippen molar-refractivity contribution in [1.82, 2.24) is 0 Å². The molecule has 0 aliphatic rings. The van der Waals surface area contributed by atoms with Crippen LogP contribution in [-0.2, 0) is 6.18 Å². The highest BCUT2D eigenvalue weighted by molar-refractivity contribution is 6.31. The van der Waals surface area contributed by atoms with Crippen LogP contribution in [0.2, 0.25) is 5.02 Å². The van der Waals surface area contributed by atoms with E-state index < -0.39 is 35.9 Å². The Kier molecular flexibility index (Phi) is 6.01. The van der Waals surface area contributed by atoms with Crippen LogP contribution in [0.3, 0.4) is 0 Å². The van der Waals surface area contributed by atoms with Crippen molar-refractivity contribution < 1.29 is 27.1 Å². The van der Waals surface area contributed by atoms with Gasteiger partial charge in [0.15, 0.2) is 0 Å². The van der Waals surface area contributed by atoms with Gasteiger partial charge in [-0.15, -0.1) is 12.4 Å². The lowest BCUT2D eigenvalue weighted by molar-refractivity contribution is -0.137. The highest BCUT2D eigenvalue weighted by Crippen LogP contribution is 2.37. The van der Waals surface area contributed by atoms with E-state index in [-0.39, 0.29) is 17.4 Å². The second kappa shape index (κ2) is 6.21. The zero-order valence-electron chi connectivity index (χ0n) is 9.22. The molecule has 0 fully saturated rings. The third-order valence-corrected chi connectivity index (χ3v) is 2.67. The molecule has 0 bridgehead atoms. The summed E-state index contributed by atoms with van der Waals surface area (Å²) in [5.41, 5.74) is 3.44. The second-order valence-electron chi connectivity index (χ2n) is 3.63. The first-order valence-electron chi connectivity index (χ1n) is 4.70. The Hall–Kier alpha value is -0.630. The molecule has 9 heteroatoms. The van der Waals surface area contributed by atoms with Crippen molar-refractivity contribution in [3.05, 3.63) is 34.3 Å². The minimum atomic E-state index is -4.69. The van der Waals surface area contributed by atoms with Crippen LogP contribution in [0.25, 0.3) is 0 Å². The predicted octanol–water partition coefficient (Wildman–Crippen LogP) is 3.41. The Labute approximate surface area is 116 Å². The van der Waals surface area contributed by atoms with Crippen LogP contribution in [0.15, 0.2) is 18.2 Å². The van der Waals surface area contributed by atoms with Crippen molar-refractivity contribution >= 4 is 24.0 Å². The van der Waals surface area contributed by atoms with Gasteiger partial charge in [0.05, 0.1) is 11.6 Å². The topological polar surface area (TPSA) is 46.2 Å². The van der Waals surface area contributed by atoms with Crippen molar-refractivity contribution in [3.8, 4) is 0 Å². The molecule has 0 unspecified atom stereocenters. The molecular formula is C10H10Cl2F5NO. The minimum absolute atomic E-state index is 0. The molecule has 1 aromatic carbocycles. The van der Waals surface area contributed by atoms with Gasteiger partial charge in [-0.2, -0.15) is 13.2 Å². The third-order valence-electron chi connectivity index (χ3n) is 2.32. The molecule has 0 saturated heterocycles. The average molecular weight is 326 g/mol. The Morgan fingerprint density at radius 2 is 1.74 bits per heavy atom. The quantitative estimate of drug-likeness (QED) is 0.836. The molecule has 0 aliphatic carbocycles. The van der Waals surface area contributed by atoms with E-state index in [1.54, 1.807) is 0 Å². The van der Waals surface area contributed by atoms with E-state index in [0.717, 1.165) is 6.07 Å². The summed E-state index contributed by atoms with van der Waals surface area (Å²) in [5, 5.41) is 8.13. The van der Waals surface area contributed by atoms with Crippen LogP contribution in [-0.4, -0.2) is 17.6 Å². The van der Waals surface area contributed by atoms with Crippen molar-refractivity contribution in [2.24, 2.45) is 5.73 Å². The predicted molar refractivity (Wildman–Crippen MR) is 62.7 cm³/mol. The fourth-order valence-electron chi connectivity index (χ4n) is 1.28. The van der Waals surface area contributed by atoms with Gasteiger partial charge in [0, 0.05) is 5.02 Å². The molecule has 0 aromatic heterocycles. The lowest BCUT2D eigenvalue weighted by Gasteiger charge is -2.23. The average Bonchev–Trinajstić information content (AvgIpc) is 2.27. The highest BCUT2D eigenvalue weighted by Gasteiger charge is 2.40. The van der Waals surface area contributed by atoms with Crippen molar-refractivity contribution in [3.63, 3.8) is 0 Å². The maximum Gasteiger partial charge on any atom is 0.416 e. The number of nitrogens with two attached hydrogens (primary N) is 1. The minimum Gasteiger partial charge on any atom is -0.390 e. The van der Waals surface area contributed by atoms with E-state index in [1.165, 1.54) is 0 Å². The summed E-state index contributed by atoms with van der Waals surface area (Å²) >= 11 is 5.54. The maximum absolute atomic E-state index is 13.1. The zero-order valence-corrected chi connectivity index (χ0v) is 10.8. The SMILES string of the molecule is Cl.N[C@H](c1cc(C(F)(F)F)ccc1Cl)C(F)(F)CO. The number of rotatable bonds is 3. The number of hydrogen-bond acceptors (Lipinski definition) is 2. The summed E-state index contributed by atoms with van der Waals surface area (Å²) in [5.74, 6) is -3.76. The van der Waals surface area contributed by atoms with Crippen LogP contribution in [0.5, 0.6) is 0 Å². The van der Waals surface area contributed by atoms with Crippen LogP contribution in [0.1, 0.15) is 17.2 Å². The maximum atomic E-state index is 13.1. The normalized spacial score (nSPS) is 13.9. The lowest BCUT2D eigenvalue weighted by Crippen LogP contribution is -2.36. The van der Waals surface area contributed by atoms with Crippen LogP contribution in [0, 0.1) is 0 Å². The summed E-state index contributed by atoms with van der Waals surface area (Å²) in [6.07, 6.45) is -4.69. The molecule has 1 aromatic rings. The molecule has 1 rings (SSSR count). The summed E-state index contributed by atoms with van der Waals surface area (Å²) in [6, 6.07) is -0.156. The largest absolute Gasteiger partial charge is 0.416 e. The van der Waals surface area contributed by atoms with Gasteiger partial charge in [0.1, 0.15) is 6.61 Å². The molecule has 3 N–H and O–H groups in total. The molecule has 0 aliphatic heterocycles. The van der Waals surface area contributed by atoms with E-state index in [0.29, 0.717) is 12.1 Å². The van der Waals surface area contributed by atoms with Crippen LogP contribution in [0.4, 0.5) is 22.0 Å². The molecule has 0 saturated carbocycles. The van der Waals surface area contributed by atoms with E-state index in [2.05, 4.69) is 0 Å². The molecule has 0 spiro atoms. The molecule has 2 nitrogen and oxygen atoms in total. The first-order valence-corrected chi connectivity index (χ1v) is 5.08. The van der Waals surface area contributed by atoms with Crippen molar-refractivity contribution in [1.29, 1.82) is 0 Å². The molecular weight excluding hydrogens is 316 g/mol. The standard InChI is InChI=1S/C10H9ClF5NO.ClH/c11-7-2-1-5(10(14,15)16)3-6(7)8(17)9(12,13)4-18;/h1-3,8,18H,4,17H2;1H/t8-;/m1./s1. The number of aliphatic hydroxyl groups is 1. The van der Waals surface area contributed by atoms with Crippen molar-refractivity contribution in [2.45, 2.75) is 18.1 Å². The number of alkyl halides is 5. The fraction of sp³-hybridized carbons (Fsp3) is 0.400. The number of benzene rings is 1. The highest BCUT2D eigenvalue weighted by atomic mass is 35.5. The molecule has 0 amide bonds. The van der Waals surface area contributed by atoms with Crippen LogP contribution < -0.4 is 5.73 Å². The second-order valence-corrected chi connectivity index (χ2v) is 4.04. The van der Waals surface area contributed by atoms with Gasteiger partial charge in [0.2, 0.25) is 0 Å². The van der Waals surface area contributed by atoms with Crippen LogP contribution >= 0.6 is 24.0 Å². The summed E-state index contributed by atoms with van der Waals surface area (Å²) in [7, 11) is 0. The van der Waals surface area contributed by atoms with Gasteiger partial charge in [-0.3, -0.25) is 0 Å². The smallest absolute Gasteiger partial charge is 0.390 e. The summed E-state index contributed by atoms with van der Waals surface area (Å²) < 4.78 is 63.5. The monoisotopic (exact) mass is 325 g/mol. The van der Waals surface area contributed by atoms with E-state index in [4.69, 9.17) is 22.4 Å². The molecule has 1 atom stereocenters. The molecule has 0 heterocycles. The molecule has 19 heavy (non-hydrogen) atoms. The van der Waals surface area contributed by atoms with E-state index >= 15 is 0 Å². The molecule has 110 valence electrons. The number of halogens is 7. The first-order chi connectivity index (χ1) is 8.09.